The third kappa shape index (κ3) is 4.59. The van der Waals surface area contributed by atoms with Crippen LogP contribution in [0, 0.1) is 0 Å². The maximum absolute atomic E-state index is 12.6. The molecule has 1 amide bonds. The molecule has 0 saturated carbocycles. The van der Waals surface area contributed by atoms with Gasteiger partial charge in [0.2, 0.25) is 5.91 Å². The highest BCUT2D eigenvalue weighted by atomic mass is 16.5. The van der Waals surface area contributed by atoms with E-state index in [9.17, 15) is 9.59 Å². The van der Waals surface area contributed by atoms with Crippen LogP contribution in [0.2, 0.25) is 0 Å². The van der Waals surface area contributed by atoms with E-state index in [-0.39, 0.29) is 24.8 Å². The summed E-state index contributed by atoms with van der Waals surface area (Å²) >= 11 is 0. The van der Waals surface area contributed by atoms with Crippen molar-refractivity contribution in [3.63, 3.8) is 0 Å². The largest absolute Gasteiger partial charge is 0.497 e. The molecular weight excluding hydrogens is 306 g/mol. The number of aliphatic carboxylic acids is 1. The SMILES string of the molecule is COc1cccc(C(C)CC(=O)N(CC(=O)O)c2ccccc2)c1. The van der Waals surface area contributed by atoms with Gasteiger partial charge in [0.25, 0.3) is 0 Å². The molecule has 0 aromatic heterocycles. The highest BCUT2D eigenvalue weighted by Gasteiger charge is 2.21. The molecule has 24 heavy (non-hydrogen) atoms. The maximum Gasteiger partial charge on any atom is 0.323 e. The van der Waals surface area contributed by atoms with Gasteiger partial charge in [-0.2, -0.15) is 0 Å². The summed E-state index contributed by atoms with van der Waals surface area (Å²) in [5.74, 6) is -0.579. The minimum absolute atomic E-state index is 0.0485. The number of amides is 1. The standard InChI is InChI=1S/C19H21NO4/c1-14(15-7-6-10-17(12-15)24-2)11-18(21)20(13-19(22)23)16-8-4-3-5-9-16/h3-10,12,14H,11,13H2,1-2H3,(H,22,23). The Bertz CT molecular complexity index is 700. The number of carbonyl (C=O) groups is 2. The van der Waals surface area contributed by atoms with Gasteiger partial charge >= 0.3 is 5.97 Å². The van der Waals surface area contributed by atoms with E-state index in [2.05, 4.69) is 0 Å². The minimum atomic E-state index is -1.04. The lowest BCUT2D eigenvalue weighted by molar-refractivity contribution is -0.136. The second-order valence-electron chi connectivity index (χ2n) is 5.59. The van der Waals surface area contributed by atoms with Gasteiger partial charge in [-0.25, -0.2) is 0 Å². The molecule has 0 spiro atoms. The lowest BCUT2D eigenvalue weighted by atomic mass is 9.97. The average molecular weight is 327 g/mol. The van der Waals surface area contributed by atoms with Crippen LogP contribution in [-0.4, -0.2) is 30.6 Å². The van der Waals surface area contributed by atoms with E-state index in [1.54, 1.807) is 31.4 Å². The Labute approximate surface area is 141 Å². The number of rotatable bonds is 7. The molecule has 5 nitrogen and oxygen atoms in total. The van der Waals surface area contributed by atoms with Crippen molar-refractivity contribution in [1.82, 2.24) is 0 Å². The summed E-state index contributed by atoms with van der Waals surface area (Å²) in [4.78, 5) is 25.1. The van der Waals surface area contributed by atoms with Crippen LogP contribution in [-0.2, 0) is 9.59 Å². The molecule has 1 atom stereocenters. The first kappa shape index (κ1) is 17.5. The van der Waals surface area contributed by atoms with Gasteiger partial charge in [-0.05, 0) is 35.7 Å². The number of ether oxygens (including phenoxy) is 1. The van der Waals surface area contributed by atoms with Gasteiger partial charge in [-0.1, -0.05) is 37.3 Å². The summed E-state index contributed by atoms with van der Waals surface area (Å²) in [6.45, 7) is 1.59. The number of hydrogen-bond donors (Lipinski definition) is 1. The molecule has 0 aliphatic heterocycles. The van der Waals surface area contributed by atoms with E-state index in [0.717, 1.165) is 11.3 Å². The topological polar surface area (TPSA) is 66.8 Å². The van der Waals surface area contributed by atoms with Crippen LogP contribution >= 0.6 is 0 Å². The van der Waals surface area contributed by atoms with Gasteiger partial charge in [0.15, 0.2) is 0 Å². The average Bonchev–Trinajstić information content (AvgIpc) is 2.60. The van der Waals surface area contributed by atoms with Gasteiger partial charge in [0.1, 0.15) is 12.3 Å². The highest BCUT2D eigenvalue weighted by Crippen LogP contribution is 2.25. The quantitative estimate of drug-likeness (QED) is 0.847. The summed E-state index contributed by atoms with van der Waals surface area (Å²) < 4.78 is 5.21. The Morgan fingerprint density at radius 2 is 1.83 bits per heavy atom. The Morgan fingerprint density at radius 1 is 1.12 bits per heavy atom. The first-order valence-corrected chi connectivity index (χ1v) is 7.72. The molecule has 1 N–H and O–H groups in total. The Balaban J connectivity index is 2.16. The molecule has 126 valence electrons. The molecule has 0 radical (unpaired) electrons. The zero-order valence-electron chi connectivity index (χ0n) is 13.8. The van der Waals surface area contributed by atoms with Crippen molar-refractivity contribution in [1.29, 1.82) is 0 Å². The minimum Gasteiger partial charge on any atom is -0.497 e. The molecule has 0 heterocycles. The normalized spacial score (nSPS) is 11.6. The van der Waals surface area contributed by atoms with Crippen LogP contribution in [0.3, 0.4) is 0 Å². The molecular formula is C19H21NO4. The number of nitrogens with zero attached hydrogens (tertiary/aromatic N) is 1. The van der Waals surface area contributed by atoms with E-state index in [1.165, 1.54) is 4.90 Å². The molecule has 5 heteroatoms. The lowest BCUT2D eigenvalue weighted by Gasteiger charge is -2.23. The Kier molecular flexibility index (Phi) is 5.95. The number of carboxylic acid groups (broad SMARTS) is 1. The number of benzene rings is 2. The monoisotopic (exact) mass is 327 g/mol. The van der Waals surface area contributed by atoms with Crippen molar-refractivity contribution in [2.45, 2.75) is 19.3 Å². The molecule has 0 saturated heterocycles. The molecule has 0 aliphatic carbocycles. The van der Waals surface area contributed by atoms with E-state index < -0.39 is 5.97 Å². The van der Waals surface area contributed by atoms with E-state index in [1.807, 2.05) is 37.3 Å². The maximum atomic E-state index is 12.6. The van der Waals surface area contributed by atoms with Crippen LogP contribution in [0.25, 0.3) is 0 Å². The molecule has 2 rings (SSSR count). The van der Waals surface area contributed by atoms with E-state index >= 15 is 0 Å². The van der Waals surface area contributed by atoms with Crippen molar-refractivity contribution in [3.05, 3.63) is 60.2 Å². The third-order valence-corrected chi connectivity index (χ3v) is 3.81. The molecule has 1 unspecified atom stereocenters. The molecule has 0 aliphatic rings. The lowest BCUT2D eigenvalue weighted by Crippen LogP contribution is -2.36. The molecule has 2 aromatic carbocycles. The van der Waals surface area contributed by atoms with E-state index in [0.29, 0.717) is 5.69 Å². The fraction of sp³-hybridized carbons (Fsp3) is 0.263. The van der Waals surface area contributed by atoms with Crippen LogP contribution in [0.4, 0.5) is 5.69 Å². The predicted molar refractivity (Wildman–Crippen MR) is 92.5 cm³/mol. The summed E-state index contributed by atoms with van der Waals surface area (Å²) in [7, 11) is 1.60. The van der Waals surface area contributed by atoms with Gasteiger partial charge in [-0.3, -0.25) is 9.59 Å². The summed E-state index contributed by atoms with van der Waals surface area (Å²) in [5.41, 5.74) is 1.56. The number of methoxy groups -OCH3 is 1. The number of anilines is 1. The highest BCUT2D eigenvalue weighted by molar-refractivity contribution is 5.97. The smallest absolute Gasteiger partial charge is 0.323 e. The second kappa shape index (κ2) is 8.15. The Hall–Kier alpha value is -2.82. The van der Waals surface area contributed by atoms with Crippen molar-refractivity contribution in [3.8, 4) is 5.75 Å². The number of carbonyl (C=O) groups excluding carboxylic acids is 1. The number of para-hydroxylation sites is 1. The van der Waals surface area contributed by atoms with Crippen LogP contribution in [0.15, 0.2) is 54.6 Å². The van der Waals surface area contributed by atoms with Crippen molar-refractivity contribution in [2.75, 3.05) is 18.6 Å². The van der Waals surface area contributed by atoms with Crippen molar-refractivity contribution in [2.24, 2.45) is 0 Å². The fourth-order valence-corrected chi connectivity index (χ4v) is 2.50. The summed E-state index contributed by atoms with van der Waals surface area (Å²) in [6.07, 6.45) is 0.218. The van der Waals surface area contributed by atoms with E-state index in [4.69, 9.17) is 9.84 Å². The van der Waals surface area contributed by atoms with Crippen LogP contribution < -0.4 is 9.64 Å². The van der Waals surface area contributed by atoms with Crippen LogP contribution in [0.1, 0.15) is 24.8 Å². The fourth-order valence-electron chi connectivity index (χ4n) is 2.50. The number of carboxylic acids is 1. The molecule has 0 fully saturated rings. The van der Waals surface area contributed by atoms with Gasteiger partial charge in [0.05, 0.1) is 7.11 Å². The molecule has 0 bridgehead atoms. The van der Waals surface area contributed by atoms with Crippen LogP contribution in [0.5, 0.6) is 5.75 Å². The van der Waals surface area contributed by atoms with Gasteiger partial charge < -0.3 is 14.7 Å². The number of hydrogen-bond acceptors (Lipinski definition) is 3. The van der Waals surface area contributed by atoms with Crippen molar-refractivity contribution >= 4 is 17.6 Å². The predicted octanol–water partition coefficient (Wildman–Crippen LogP) is 3.31. The second-order valence-corrected chi connectivity index (χ2v) is 5.59. The van der Waals surface area contributed by atoms with Gasteiger partial charge in [-0.15, -0.1) is 0 Å². The van der Waals surface area contributed by atoms with Crippen molar-refractivity contribution < 1.29 is 19.4 Å². The zero-order chi connectivity index (χ0) is 17.5. The Morgan fingerprint density at radius 3 is 2.46 bits per heavy atom. The summed E-state index contributed by atoms with van der Waals surface area (Å²) in [6, 6.07) is 16.4. The summed E-state index contributed by atoms with van der Waals surface area (Å²) in [5, 5.41) is 9.10. The zero-order valence-corrected chi connectivity index (χ0v) is 13.8. The van der Waals surface area contributed by atoms with Gasteiger partial charge in [0, 0.05) is 12.1 Å². The third-order valence-electron chi connectivity index (χ3n) is 3.81. The molecule has 2 aromatic rings. The first-order valence-electron chi connectivity index (χ1n) is 7.72. The first-order chi connectivity index (χ1) is 11.5.